The highest BCUT2D eigenvalue weighted by molar-refractivity contribution is 6.05. The van der Waals surface area contributed by atoms with Crippen LogP contribution in [0.4, 0.5) is 11.4 Å². The Labute approximate surface area is 180 Å². The van der Waals surface area contributed by atoms with Crippen molar-refractivity contribution in [2.24, 2.45) is 5.92 Å². The highest BCUT2D eigenvalue weighted by Gasteiger charge is 2.37. The van der Waals surface area contributed by atoms with Gasteiger partial charge >= 0.3 is 5.97 Å². The van der Waals surface area contributed by atoms with Crippen LogP contribution in [-0.2, 0) is 25.5 Å². The van der Waals surface area contributed by atoms with Crippen LogP contribution in [0.1, 0.15) is 47.7 Å². The first-order chi connectivity index (χ1) is 14.9. The summed E-state index contributed by atoms with van der Waals surface area (Å²) in [6.45, 7) is 3.63. The van der Waals surface area contributed by atoms with Gasteiger partial charge in [-0.25, -0.2) is 0 Å². The van der Waals surface area contributed by atoms with Crippen molar-refractivity contribution in [3.63, 3.8) is 0 Å². The number of hydrogen-bond acceptors (Lipinski definition) is 5. The lowest BCUT2D eigenvalue weighted by atomic mass is 9.99. The summed E-state index contributed by atoms with van der Waals surface area (Å²) in [6, 6.07) is 12.6. The van der Waals surface area contributed by atoms with Crippen molar-refractivity contribution in [1.82, 2.24) is 0 Å². The molecule has 0 saturated carbocycles. The summed E-state index contributed by atoms with van der Waals surface area (Å²) in [5.41, 5.74) is 3.70. The van der Waals surface area contributed by atoms with Crippen LogP contribution in [0.25, 0.3) is 0 Å². The van der Waals surface area contributed by atoms with Gasteiger partial charge in [-0.3, -0.25) is 19.2 Å². The average molecular weight is 420 g/mol. The van der Waals surface area contributed by atoms with Gasteiger partial charge in [0.15, 0.2) is 12.4 Å². The highest BCUT2D eigenvalue weighted by atomic mass is 16.5. The number of carbonyl (C=O) groups excluding carboxylic acids is 4. The van der Waals surface area contributed by atoms with Crippen molar-refractivity contribution >= 4 is 34.9 Å². The van der Waals surface area contributed by atoms with Crippen molar-refractivity contribution in [2.45, 2.75) is 32.6 Å². The van der Waals surface area contributed by atoms with E-state index in [0.717, 1.165) is 23.2 Å². The molecule has 1 N–H and O–H groups in total. The van der Waals surface area contributed by atoms with Crippen LogP contribution in [0.15, 0.2) is 42.5 Å². The van der Waals surface area contributed by atoms with Gasteiger partial charge in [-0.2, -0.15) is 0 Å². The van der Waals surface area contributed by atoms with Crippen molar-refractivity contribution < 1.29 is 23.9 Å². The summed E-state index contributed by atoms with van der Waals surface area (Å²) >= 11 is 0. The van der Waals surface area contributed by atoms with E-state index in [1.54, 1.807) is 30.0 Å². The maximum atomic E-state index is 12.5. The van der Waals surface area contributed by atoms with Crippen LogP contribution < -0.4 is 10.2 Å². The molecule has 7 nitrogen and oxygen atoms in total. The Morgan fingerprint density at radius 3 is 2.71 bits per heavy atom. The number of aryl methyl sites for hydroxylation is 1. The molecular weight excluding hydrogens is 396 g/mol. The monoisotopic (exact) mass is 420 g/mol. The fraction of sp³-hybridized carbons (Fsp3) is 0.333. The topological polar surface area (TPSA) is 92.8 Å². The number of fused-ring (bicyclic) bond motifs is 1. The normalized spacial score (nSPS) is 19.9. The second-order valence-corrected chi connectivity index (χ2v) is 7.93. The van der Waals surface area contributed by atoms with Gasteiger partial charge in [0.25, 0.3) is 0 Å². The number of amides is 2. The number of ketones is 1. The maximum absolute atomic E-state index is 12.5. The van der Waals surface area contributed by atoms with Gasteiger partial charge in [-0.1, -0.05) is 25.1 Å². The molecule has 4 rings (SSSR count). The van der Waals surface area contributed by atoms with Gasteiger partial charge < -0.3 is 15.0 Å². The zero-order valence-electron chi connectivity index (χ0n) is 17.5. The lowest BCUT2D eigenvalue weighted by Gasteiger charge is -2.19. The predicted molar refractivity (Wildman–Crippen MR) is 115 cm³/mol. The van der Waals surface area contributed by atoms with Crippen molar-refractivity contribution in [3.8, 4) is 0 Å². The van der Waals surface area contributed by atoms with E-state index < -0.39 is 18.5 Å². The number of rotatable bonds is 6. The number of anilines is 2. The third-order valence-corrected chi connectivity index (χ3v) is 5.96. The van der Waals surface area contributed by atoms with Crippen LogP contribution in [0.5, 0.6) is 0 Å². The molecular formula is C24H24N2O5. The Hall–Kier alpha value is -3.48. The summed E-state index contributed by atoms with van der Waals surface area (Å²) in [5, 5.41) is 2.76. The van der Waals surface area contributed by atoms with Crippen molar-refractivity contribution in [3.05, 3.63) is 59.2 Å². The Morgan fingerprint density at radius 1 is 1.16 bits per heavy atom. The van der Waals surface area contributed by atoms with E-state index in [-0.39, 0.29) is 36.5 Å². The standard InChI is InChI=1S/C24H24N2O5/c1-3-15-6-4-5-7-20(15)26-12-17(11-22(26)28)24(30)31-13-21(27)16-8-9-19-18(10-16)14(2)23(29)25-19/h4-10,14,17H,3,11-13H2,1-2H3,(H,25,29)/t14-,17+/m0/s1. The molecule has 0 aromatic heterocycles. The van der Waals surface area contributed by atoms with Crippen molar-refractivity contribution in [1.29, 1.82) is 0 Å². The predicted octanol–water partition coefficient (Wildman–Crippen LogP) is 3.08. The average Bonchev–Trinajstić information content (AvgIpc) is 3.30. The Kier molecular flexibility index (Phi) is 5.59. The Morgan fingerprint density at radius 2 is 1.94 bits per heavy atom. The Balaban J connectivity index is 1.38. The summed E-state index contributed by atoms with van der Waals surface area (Å²) in [5.74, 6) is -2.06. The van der Waals surface area contributed by atoms with Gasteiger partial charge in [0.1, 0.15) is 0 Å². The first-order valence-corrected chi connectivity index (χ1v) is 10.4. The van der Waals surface area contributed by atoms with Crippen LogP contribution in [0.2, 0.25) is 0 Å². The number of benzene rings is 2. The van der Waals surface area contributed by atoms with Crippen LogP contribution in [0, 0.1) is 5.92 Å². The molecule has 2 aliphatic heterocycles. The molecule has 1 fully saturated rings. The molecule has 2 atom stereocenters. The largest absolute Gasteiger partial charge is 0.457 e. The number of hydrogen-bond donors (Lipinski definition) is 1. The molecule has 160 valence electrons. The minimum Gasteiger partial charge on any atom is -0.457 e. The number of nitrogens with one attached hydrogen (secondary N) is 1. The maximum Gasteiger partial charge on any atom is 0.311 e. The lowest BCUT2D eigenvalue weighted by molar-refractivity contribution is -0.147. The highest BCUT2D eigenvalue weighted by Crippen LogP contribution is 2.33. The van der Waals surface area contributed by atoms with E-state index in [9.17, 15) is 19.2 Å². The van der Waals surface area contributed by atoms with Crippen LogP contribution in [-0.4, -0.2) is 36.7 Å². The van der Waals surface area contributed by atoms with Gasteiger partial charge in [0.05, 0.1) is 11.8 Å². The number of ether oxygens (including phenoxy) is 1. The first-order valence-electron chi connectivity index (χ1n) is 10.4. The third-order valence-electron chi connectivity index (χ3n) is 5.96. The molecule has 1 saturated heterocycles. The van der Waals surface area contributed by atoms with Crippen LogP contribution >= 0.6 is 0 Å². The number of carbonyl (C=O) groups is 4. The van der Waals surface area contributed by atoms with E-state index in [0.29, 0.717) is 11.3 Å². The number of nitrogens with zero attached hydrogens (tertiary/aromatic N) is 1. The Bertz CT molecular complexity index is 1080. The van der Waals surface area contributed by atoms with Gasteiger partial charge in [-0.15, -0.1) is 0 Å². The molecule has 31 heavy (non-hydrogen) atoms. The molecule has 0 radical (unpaired) electrons. The fourth-order valence-electron chi connectivity index (χ4n) is 4.10. The zero-order chi connectivity index (χ0) is 22.1. The molecule has 2 aliphatic rings. The SMILES string of the molecule is CCc1ccccc1N1C[C@H](C(=O)OCC(=O)c2ccc3c(c2)[C@H](C)C(=O)N3)CC1=O. The van der Waals surface area contributed by atoms with Gasteiger partial charge in [-0.05, 0) is 48.7 Å². The van der Waals surface area contributed by atoms with Gasteiger partial charge in [0.2, 0.25) is 11.8 Å². The second kappa shape index (κ2) is 8.34. The van der Waals surface area contributed by atoms with Gasteiger partial charge in [0, 0.05) is 29.9 Å². The third kappa shape index (κ3) is 3.95. The number of esters is 1. The second-order valence-electron chi connectivity index (χ2n) is 7.93. The molecule has 0 spiro atoms. The molecule has 0 aliphatic carbocycles. The molecule has 2 aromatic rings. The molecule has 7 heteroatoms. The quantitative estimate of drug-likeness (QED) is 0.573. The molecule has 2 amide bonds. The smallest absolute Gasteiger partial charge is 0.311 e. The molecule has 0 unspecified atom stereocenters. The van der Waals surface area contributed by atoms with Crippen molar-refractivity contribution in [2.75, 3.05) is 23.4 Å². The van der Waals surface area contributed by atoms with E-state index in [2.05, 4.69) is 5.32 Å². The van der Waals surface area contributed by atoms with E-state index >= 15 is 0 Å². The molecule has 2 heterocycles. The fourth-order valence-corrected chi connectivity index (χ4v) is 4.10. The minimum atomic E-state index is -0.605. The summed E-state index contributed by atoms with van der Waals surface area (Å²) < 4.78 is 5.25. The van der Waals surface area contributed by atoms with E-state index in [4.69, 9.17) is 4.74 Å². The van der Waals surface area contributed by atoms with E-state index in [1.165, 1.54) is 0 Å². The zero-order valence-corrected chi connectivity index (χ0v) is 17.5. The number of Topliss-reactive ketones (excluding diaryl/α,β-unsaturated/α-hetero) is 1. The molecule has 2 aromatic carbocycles. The summed E-state index contributed by atoms with van der Waals surface area (Å²) in [7, 11) is 0. The summed E-state index contributed by atoms with van der Waals surface area (Å²) in [4.78, 5) is 51.0. The molecule has 0 bridgehead atoms. The number of para-hydroxylation sites is 1. The first kappa shape index (κ1) is 20.8. The summed E-state index contributed by atoms with van der Waals surface area (Å²) in [6.07, 6.45) is 0.847. The van der Waals surface area contributed by atoms with Crippen LogP contribution in [0.3, 0.4) is 0 Å². The lowest BCUT2D eigenvalue weighted by Crippen LogP contribution is -2.28. The van der Waals surface area contributed by atoms with E-state index in [1.807, 2.05) is 31.2 Å². The minimum absolute atomic E-state index is 0.0647.